The van der Waals surface area contributed by atoms with Crippen molar-refractivity contribution >= 4 is 50.1 Å². The third kappa shape index (κ3) is 3.52. The molecule has 2 aromatic carbocycles. The molecule has 1 atom stereocenters. The summed E-state index contributed by atoms with van der Waals surface area (Å²) in [6, 6.07) is 13.1. The van der Waals surface area contributed by atoms with Crippen molar-refractivity contribution in [3.63, 3.8) is 0 Å². The lowest BCUT2D eigenvalue weighted by atomic mass is 10.1. The molecule has 0 fully saturated rings. The first kappa shape index (κ1) is 15.3. The molecule has 104 valence electrons. The minimum Gasteiger partial charge on any atom is -0.398 e. The largest absolute Gasteiger partial charge is 0.398 e. The van der Waals surface area contributed by atoms with E-state index in [0.29, 0.717) is 11.3 Å². The summed E-state index contributed by atoms with van der Waals surface area (Å²) >= 11 is 5.59. The summed E-state index contributed by atoms with van der Waals surface area (Å²) in [5.41, 5.74) is 8.15. The number of benzene rings is 2. The third-order valence-corrected chi connectivity index (χ3v) is 4.35. The number of carbonyl (C=O) groups is 1. The fourth-order valence-corrected chi connectivity index (χ4v) is 2.85. The highest BCUT2D eigenvalue weighted by atomic mass is 127. The molecule has 0 aromatic heterocycles. The summed E-state index contributed by atoms with van der Waals surface area (Å²) in [6.45, 7) is 1.92. The quantitative estimate of drug-likeness (QED) is 0.552. The molecule has 1 unspecified atom stereocenters. The average Bonchev–Trinajstić information content (AvgIpc) is 2.41. The number of hydrogen-bond acceptors (Lipinski definition) is 2. The zero-order chi connectivity index (χ0) is 14.7. The normalized spacial score (nSPS) is 11.9. The fourth-order valence-electron chi connectivity index (χ4n) is 1.93. The Hall–Kier alpha value is -1.08. The van der Waals surface area contributed by atoms with Crippen LogP contribution in [-0.4, -0.2) is 5.91 Å². The van der Waals surface area contributed by atoms with Crippen LogP contribution < -0.4 is 11.1 Å². The van der Waals surface area contributed by atoms with Crippen LogP contribution in [0.15, 0.2) is 46.9 Å². The summed E-state index contributed by atoms with van der Waals surface area (Å²) < 4.78 is 1.80. The number of amides is 1. The maximum Gasteiger partial charge on any atom is 0.252 e. The van der Waals surface area contributed by atoms with E-state index in [1.165, 1.54) is 0 Å². The van der Waals surface area contributed by atoms with Gasteiger partial charge in [-0.2, -0.15) is 0 Å². The Kier molecular flexibility index (Phi) is 5.04. The number of rotatable bonds is 3. The van der Waals surface area contributed by atoms with Gasteiger partial charge >= 0.3 is 0 Å². The highest BCUT2D eigenvalue weighted by Gasteiger charge is 2.15. The highest BCUT2D eigenvalue weighted by Crippen LogP contribution is 2.23. The van der Waals surface area contributed by atoms with Gasteiger partial charge in [-0.15, -0.1) is 0 Å². The number of anilines is 1. The van der Waals surface area contributed by atoms with Crippen molar-refractivity contribution in [1.82, 2.24) is 5.32 Å². The van der Waals surface area contributed by atoms with Gasteiger partial charge in [0.25, 0.3) is 5.91 Å². The van der Waals surface area contributed by atoms with Crippen LogP contribution in [0.4, 0.5) is 5.69 Å². The van der Waals surface area contributed by atoms with Gasteiger partial charge in [0, 0.05) is 13.7 Å². The van der Waals surface area contributed by atoms with Crippen LogP contribution in [0.3, 0.4) is 0 Å². The molecule has 2 rings (SSSR count). The topological polar surface area (TPSA) is 55.1 Å². The molecule has 0 spiro atoms. The van der Waals surface area contributed by atoms with Crippen LogP contribution in [0.25, 0.3) is 0 Å². The number of nitrogens with two attached hydrogens (primary N) is 1. The summed E-state index contributed by atoms with van der Waals surface area (Å²) in [5.74, 6) is -0.119. The van der Waals surface area contributed by atoms with Crippen LogP contribution in [0.5, 0.6) is 0 Å². The van der Waals surface area contributed by atoms with Gasteiger partial charge in [0.05, 0.1) is 11.6 Å². The van der Waals surface area contributed by atoms with E-state index in [1.807, 2.05) is 49.4 Å². The summed E-state index contributed by atoms with van der Waals surface area (Å²) in [6.07, 6.45) is 0. The van der Waals surface area contributed by atoms with Crippen LogP contribution >= 0.6 is 38.5 Å². The molecular weight excluding hydrogens is 431 g/mol. The van der Waals surface area contributed by atoms with Gasteiger partial charge in [-0.25, -0.2) is 0 Å². The van der Waals surface area contributed by atoms with Crippen molar-refractivity contribution in [2.45, 2.75) is 13.0 Å². The number of carbonyl (C=O) groups excluding carboxylic acids is 1. The van der Waals surface area contributed by atoms with E-state index < -0.39 is 0 Å². The van der Waals surface area contributed by atoms with E-state index in [1.54, 1.807) is 0 Å². The molecule has 0 radical (unpaired) electrons. The van der Waals surface area contributed by atoms with Gasteiger partial charge < -0.3 is 11.1 Å². The molecule has 0 saturated heterocycles. The first-order valence-electron chi connectivity index (χ1n) is 6.09. The molecular formula is C15H14BrIN2O. The molecule has 0 saturated carbocycles. The number of halogens is 2. The second-order valence-corrected chi connectivity index (χ2v) is 6.55. The summed E-state index contributed by atoms with van der Waals surface area (Å²) in [7, 11) is 0. The Labute approximate surface area is 140 Å². The molecule has 2 aromatic rings. The van der Waals surface area contributed by atoms with Gasteiger partial charge in [0.15, 0.2) is 0 Å². The van der Waals surface area contributed by atoms with E-state index in [4.69, 9.17) is 5.73 Å². The lowest BCUT2D eigenvalue weighted by Gasteiger charge is -2.17. The second kappa shape index (κ2) is 6.58. The molecule has 0 aliphatic heterocycles. The van der Waals surface area contributed by atoms with Crippen LogP contribution in [0.2, 0.25) is 0 Å². The standard InChI is InChI=1S/C15H14BrIN2O/c1-9(11-4-2-3-5-14(11)18)19-15(20)12-8-10(17)6-7-13(12)16/h2-9H,18H2,1H3,(H,19,20). The molecule has 3 nitrogen and oxygen atoms in total. The average molecular weight is 445 g/mol. The van der Waals surface area contributed by atoms with Crippen LogP contribution in [-0.2, 0) is 0 Å². The van der Waals surface area contributed by atoms with Crippen molar-refractivity contribution < 1.29 is 4.79 Å². The van der Waals surface area contributed by atoms with Crippen molar-refractivity contribution in [2.24, 2.45) is 0 Å². The third-order valence-electron chi connectivity index (χ3n) is 2.98. The molecule has 20 heavy (non-hydrogen) atoms. The van der Waals surface area contributed by atoms with Gasteiger partial charge in [-0.3, -0.25) is 4.79 Å². The molecule has 0 heterocycles. The predicted molar refractivity (Wildman–Crippen MR) is 93.6 cm³/mol. The Morgan fingerprint density at radius 1 is 1.30 bits per heavy atom. The molecule has 3 N–H and O–H groups in total. The molecule has 0 aliphatic rings. The lowest BCUT2D eigenvalue weighted by Crippen LogP contribution is -2.27. The minimum absolute atomic E-state index is 0.119. The smallest absolute Gasteiger partial charge is 0.252 e. The number of para-hydroxylation sites is 1. The van der Waals surface area contributed by atoms with E-state index in [0.717, 1.165) is 13.6 Å². The highest BCUT2D eigenvalue weighted by molar-refractivity contribution is 14.1. The van der Waals surface area contributed by atoms with Gasteiger partial charge in [-0.1, -0.05) is 18.2 Å². The maximum absolute atomic E-state index is 12.3. The second-order valence-electron chi connectivity index (χ2n) is 4.45. The Bertz CT molecular complexity index is 646. The van der Waals surface area contributed by atoms with E-state index >= 15 is 0 Å². The zero-order valence-corrected chi connectivity index (χ0v) is 14.6. The SMILES string of the molecule is CC(NC(=O)c1cc(I)ccc1Br)c1ccccc1N. The Morgan fingerprint density at radius 3 is 2.70 bits per heavy atom. The lowest BCUT2D eigenvalue weighted by molar-refractivity contribution is 0.0939. The van der Waals surface area contributed by atoms with E-state index in [2.05, 4.69) is 43.8 Å². The van der Waals surface area contributed by atoms with E-state index in [9.17, 15) is 4.79 Å². The Morgan fingerprint density at radius 2 is 2.00 bits per heavy atom. The molecule has 0 bridgehead atoms. The van der Waals surface area contributed by atoms with Crippen LogP contribution in [0.1, 0.15) is 28.9 Å². The number of hydrogen-bond donors (Lipinski definition) is 2. The maximum atomic E-state index is 12.3. The fraction of sp³-hybridized carbons (Fsp3) is 0.133. The first-order valence-corrected chi connectivity index (χ1v) is 7.96. The predicted octanol–water partition coefficient (Wildman–Crippen LogP) is 4.13. The van der Waals surface area contributed by atoms with Crippen molar-refractivity contribution in [3.05, 3.63) is 61.6 Å². The van der Waals surface area contributed by atoms with Gasteiger partial charge in [0.2, 0.25) is 0 Å². The van der Waals surface area contributed by atoms with Crippen molar-refractivity contribution in [3.8, 4) is 0 Å². The van der Waals surface area contributed by atoms with Crippen molar-refractivity contribution in [2.75, 3.05) is 5.73 Å². The molecule has 5 heteroatoms. The van der Waals surface area contributed by atoms with Crippen molar-refractivity contribution in [1.29, 1.82) is 0 Å². The van der Waals surface area contributed by atoms with E-state index in [-0.39, 0.29) is 11.9 Å². The number of nitrogen functional groups attached to an aromatic ring is 1. The molecule has 0 aliphatic carbocycles. The van der Waals surface area contributed by atoms with Crippen LogP contribution in [0, 0.1) is 3.57 Å². The number of nitrogens with one attached hydrogen (secondary N) is 1. The first-order chi connectivity index (χ1) is 9.49. The summed E-state index contributed by atoms with van der Waals surface area (Å²) in [4.78, 5) is 12.3. The minimum atomic E-state index is -0.145. The Balaban J connectivity index is 2.20. The zero-order valence-electron chi connectivity index (χ0n) is 10.9. The molecule has 1 amide bonds. The summed E-state index contributed by atoms with van der Waals surface area (Å²) in [5, 5.41) is 2.97. The monoisotopic (exact) mass is 444 g/mol. The van der Waals surface area contributed by atoms with Gasteiger partial charge in [0.1, 0.15) is 0 Å². The van der Waals surface area contributed by atoms with Gasteiger partial charge in [-0.05, 0) is 75.3 Å².